The molecular formula is C16H22O3. The van der Waals surface area contributed by atoms with E-state index in [4.69, 9.17) is 0 Å². The summed E-state index contributed by atoms with van der Waals surface area (Å²) >= 11 is 0. The molecule has 1 rings (SSSR count). The lowest BCUT2D eigenvalue weighted by atomic mass is 9.84. The maximum atomic E-state index is 9.29. The Bertz CT molecular complexity index is 425. The molecule has 1 aromatic carbocycles. The average Bonchev–Trinajstić information content (AvgIpc) is 2.49. The Morgan fingerprint density at radius 2 is 1.53 bits per heavy atom. The highest BCUT2D eigenvalue weighted by Gasteiger charge is 2.27. The highest BCUT2D eigenvalue weighted by Crippen LogP contribution is 2.24. The molecule has 0 aromatic heterocycles. The van der Waals surface area contributed by atoms with Gasteiger partial charge in [0.2, 0.25) is 0 Å². The molecule has 19 heavy (non-hydrogen) atoms. The first-order valence-corrected chi connectivity index (χ1v) is 6.35. The van der Waals surface area contributed by atoms with Crippen LogP contribution in [0.2, 0.25) is 0 Å². The van der Waals surface area contributed by atoms with Crippen molar-refractivity contribution in [3.8, 4) is 0 Å². The smallest absolute Gasteiger partial charge is 0.0531 e. The number of hydrogen-bond donors (Lipinski definition) is 3. The van der Waals surface area contributed by atoms with E-state index < -0.39 is 5.41 Å². The van der Waals surface area contributed by atoms with Gasteiger partial charge in [-0.25, -0.2) is 0 Å². The summed E-state index contributed by atoms with van der Waals surface area (Å²) in [5, 5.41) is 27.9. The van der Waals surface area contributed by atoms with E-state index in [0.29, 0.717) is 12.8 Å². The summed E-state index contributed by atoms with van der Waals surface area (Å²) in [6.07, 6.45) is 4.76. The number of hydrogen-bond acceptors (Lipinski definition) is 3. The summed E-state index contributed by atoms with van der Waals surface area (Å²) in [4.78, 5) is 0. The molecular weight excluding hydrogens is 240 g/mol. The van der Waals surface area contributed by atoms with Gasteiger partial charge < -0.3 is 15.3 Å². The van der Waals surface area contributed by atoms with Gasteiger partial charge in [-0.1, -0.05) is 43.5 Å². The fourth-order valence-corrected chi connectivity index (χ4v) is 1.94. The van der Waals surface area contributed by atoms with E-state index in [9.17, 15) is 15.3 Å². The van der Waals surface area contributed by atoms with Gasteiger partial charge >= 0.3 is 0 Å². The molecule has 0 heterocycles. The van der Waals surface area contributed by atoms with Crippen LogP contribution >= 0.6 is 0 Å². The Morgan fingerprint density at radius 1 is 0.947 bits per heavy atom. The minimum Gasteiger partial charge on any atom is -0.396 e. The van der Waals surface area contributed by atoms with Crippen LogP contribution in [0.15, 0.2) is 31.4 Å². The van der Waals surface area contributed by atoms with E-state index in [2.05, 4.69) is 13.2 Å². The molecule has 0 atom stereocenters. The van der Waals surface area contributed by atoms with Crippen molar-refractivity contribution in [1.82, 2.24) is 0 Å². The van der Waals surface area contributed by atoms with Crippen molar-refractivity contribution in [2.75, 3.05) is 19.8 Å². The molecule has 0 aliphatic carbocycles. The van der Waals surface area contributed by atoms with Crippen LogP contribution in [0, 0.1) is 5.41 Å². The molecule has 0 bridgehead atoms. The molecule has 0 aliphatic heterocycles. The Kier molecular flexibility index (Phi) is 5.96. The zero-order chi connectivity index (χ0) is 14.3. The molecule has 104 valence electrons. The van der Waals surface area contributed by atoms with Crippen molar-refractivity contribution in [3.63, 3.8) is 0 Å². The Hall–Kier alpha value is -1.42. The van der Waals surface area contributed by atoms with Gasteiger partial charge in [-0.05, 0) is 29.5 Å². The van der Waals surface area contributed by atoms with E-state index >= 15 is 0 Å². The quantitative estimate of drug-likeness (QED) is 0.670. The fraction of sp³-hybridized carbons (Fsp3) is 0.375. The molecule has 0 unspecified atom stereocenters. The van der Waals surface area contributed by atoms with Crippen LogP contribution in [-0.4, -0.2) is 35.1 Å². The number of aliphatic hydroxyl groups is 3. The SMILES string of the molecule is C=Cc1ccc(CCC(CO)(CO)CO)cc1C=C. The molecule has 3 N–H and O–H groups in total. The second kappa shape index (κ2) is 7.24. The molecule has 0 saturated heterocycles. The second-order valence-corrected chi connectivity index (χ2v) is 4.85. The number of aryl methyl sites for hydroxylation is 1. The monoisotopic (exact) mass is 262 g/mol. The van der Waals surface area contributed by atoms with Crippen LogP contribution < -0.4 is 0 Å². The summed E-state index contributed by atoms with van der Waals surface area (Å²) in [5.74, 6) is 0. The Morgan fingerprint density at radius 3 is 2.00 bits per heavy atom. The summed E-state index contributed by atoms with van der Waals surface area (Å²) in [5.41, 5.74) is 2.30. The van der Waals surface area contributed by atoms with E-state index in [1.165, 1.54) is 0 Å². The normalized spacial score (nSPS) is 11.3. The molecule has 0 spiro atoms. The van der Waals surface area contributed by atoms with Crippen LogP contribution in [0.4, 0.5) is 0 Å². The first-order chi connectivity index (χ1) is 9.14. The molecule has 0 aliphatic rings. The lowest BCUT2D eigenvalue weighted by molar-refractivity contribution is -0.000266. The van der Waals surface area contributed by atoms with Crippen molar-refractivity contribution in [1.29, 1.82) is 0 Å². The fourth-order valence-electron chi connectivity index (χ4n) is 1.94. The van der Waals surface area contributed by atoms with Crippen molar-refractivity contribution >= 4 is 12.2 Å². The van der Waals surface area contributed by atoms with Crippen LogP contribution in [0.5, 0.6) is 0 Å². The lowest BCUT2D eigenvalue weighted by Gasteiger charge is -2.27. The second-order valence-electron chi connectivity index (χ2n) is 4.85. The topological polar surface area (TPSA) is 60.7 Å². The number of rotatable bonds is 8. The third-order valence-electron chi connectivity index (χ3n) is 3.54. The Balaban J connectivity index is 2.83. The molecule has 3 nitrogen and oxygen atoms in total. The first kappa shape index (κ1) is 15.6. The van der Waals surface area contributed by atoms with Gasteiger partial charge in [0.05, 0.1) is 19.8 Å². The molecule has 3 heteroatoms. The molecule has 0 saturated carbocycles. The third kappa shape index (κ3) is 3.77. The van der Waals surface area contributed by atoms with Crippen LogP contribution in [0.25, 0.3) is 12.2 Å². The van der Waals surface area contributed by atoms with Gasteiger partial charge in [-0.15, -0.1) is 0 Å². The minimum atomic E-state index is -0.814. The largest absolute Gasteiger partial charge is 0.396 e. The highest BCUT2D eigenvalue weighted by molar-refractivity contribution is 5.64. The standard InChI is InChI=1S/C16H22O3/c1-3-14-6-5-13(9-15(14)4-2)7-8-16(10-17,11-18)12-19/h3-6,9,17-19H,1-2,7-8,10-12H2. The highest BCUT2D eigenvalue weighted by atomic mass is 16.3. The van der Waals surface area contributed by atoms with Gasteiger partial charge in [0.1, 0.15) is 0 Å². The third-order valence-corrected chi connectivity index (χ3v) is 3.54. The zero-order valence-corrected chi connectivity index (χ0v) is 11.2. The van der Waals surface area contributed by atoms with Gasteiger partial charge in [0, 0.05) is 5.41 Å². The van der Waals surface area contributed by atoms with Crippen molar-refractivity contribution < 1.29 is 15.3 Å². The lowest BCUT2D eigenvalue weighted by Crippen LogP contribution is -2.34. The van der Waals surface area contributed by atoms with E-state index in [0.717, 1.165) is 16.7 Å². The summed E-state index contributed by atoms with van der Waals surface area (Å²) in [7, 11) is 0. The first-order valence-electron chi connectivity index (χ1n) is 6.35. The molecule has 0 amide bonds. The maximum Gasteiger partial charge on any atom is 0.0531 e. The summed E-state index contributed by atoms with van der Waals surface area (Å²) in [6.45, 7) is 6.85. The van der Waals surface area contributed by atoms with Gasteiger partial charge in [-0.3, -0.25) is 0 Å². The zero-order valence-electron chi connectivity index (χ0n) is 11.2. The van der Waals surface area contributed by atoms with Crippen molar-refractivity contribution in [2.24, 2.45) is 5.41 Å². The van der Waals surface area contributed by atoms with E-state index in [1.54, 1.807) is 12.2 Å². The predicted molar refractivity (Wildman–Crippen MR) is 78.6 cm³/mol. The predicted octanol–water partition coefficient (Wildman–Crippen LogP) is 1.87. The minimum absolute atomic E-state index is 0.223. The molecule has 0 radical (unpaired) electrons. The van der Waals surface area contributed by atoms with Gasteiger partial charge in [0.15, 0.2) is 0 Å². The van der Waals surface area contributed by atoms with Crippen molar-refractivity contribution in [3.05, 3.63) is 48.0 Å². The van der Waals surface area contributed by atoms with Crippen molar-refractivity contribution in [2.45, 2.75) is 12.8 Å². The van der Waals surface area contributed by atoms with E-state index in [1.807, 2.05) is 18.2 Å². The molecule has 1 aromatic rings. The van der Waals surface area contributed by atoms with E-state index in [-0.39, 0.29) is 19.8 Å². The number of aliphatic hydroxyl groups excluding tert-OH is 3. The molecule has 0 fully saturated rings. The Labute approximate surface area is 114 Å². The number of benzene rings is 1. The van der Waals surface area contributed by atoms with Gasteiger partial charge in [0.25, 0.3) is 0 Å². The maximum absolute atomic E-state index is 9.29. The van der Waals surface area contributed by atoms with Crippen LogP contribution in [0.3, 0.4) is 0 Å². The van der Waals surface area contributed by atoms with Crippen LogP contribution in [-0.2, 0) is 6.42 Å². The summed E-state index contributed by atoms with van der Waals surface area (Å²) < 4.78 is 0. The van der Waals surface area contributed by atoms with Gasteiger partial charge in [-0.2, -0.15) is 0 Å². The average molecular weight is 262 g/mol. The van der Waals surface area contributed by atoms with Crippen LogP contribution in [0.1, 0.15) is 23.1 Å². The summed E-state index contributed by atoms with van der Waals surface area (Å²) in [6, 6.07) is 5.97.